The highest BCUT2D eigenvalue weighted by atomic mass is 16.6. The summed E-state index contributed by atoms with van der Waals surface area (Å²) in [6.07, 6.45) is 1.73. The largest absolute Gasteiger partial charge is 0.496 e. The van der Waals surface area contributed by atoms with Gasteiger partial charge in [0.2, 0.25) is 0 Å². The van der Waals surface area contributed by atoms with E-state index in [0.717, 1.165) is 50.2 Å². The molecule has 0 fully saturated rings. The molecule has 0 aliphatic carbocycles. The second-order valence-electron chi connectivity index (χ2n) is 11.4. The molecule has 0 radical (unpaired) electrons. The molecule has 0 atom stereocenters. The number of rotatable bonds is 8. The van der Waals surface area contributed by atoms with Gasteiger partial charge in [-0.15, -0.1) is 0 Å². The maximum atomic E-state index is 14.0. The maximum absolute atomic E-state index is 14.0. The van der Waals surface area contributed by atoms with E-state index >= 15 is 0 Å². The highest BCUT2D eigenvalue weighted by Crippen LogP contribution is 2.34. The molecule has 2 aromatic heterocycles. The lowest BCUT2D eigenvalue weighted by Gasteiger charge is -2.17. The molecule has 0 amide bonds. The summed E-state index contributed by atoms with van der Waals surface area (Å²) in [5.74, 6) is 1.43. The Bertz CT molecular complexity index is 2180. The molecule has 0 unspecified atom stereocenters. The van der Waals surface area contributed by atoms with Gasteiger partial charge in [0.05, 0.1) is 29.2 Å². The highest BCUT2D eigenvalue weighted by Gasteiger charge is 2.19. The van der Waals surface area contributed by atoms with Crippen molar-refractivity contribution >= 4 is 33.7 Å². The Hall–Kier alpha value is -5.57. The lowest BCUT2D eigenvalue weighted by molar-refractivity contribution is -0.384. The van der Waals surface area contributed by atoms with Crippen molar-refractivity contribution in [3.63, 3.8) is 0 Å². The van der Waals surface area contributed by atoms with Gasteiger partial charge in [0.25, 0.3) is 11.2 Å². The third-order valence-electron chi connectivity index (χ3n) is 8.26. The monoisotopic (exact) mass is 599 g/mol. The summed E-state index contributed by atoms with van der Waals surface area (Å²) in [5, 5.41) is 17.4. The fourth-order valence-corrected chi connectivity index (χ4v) is 5.82. The summed E-state index contributed by atoms with van der Waals surface area (Å²) in [4.78, 5) is 29.7. The van der Waals surface area contributed by atoms with Gasteiger partial charge in [0.15, 0.2) is 5.82 Å². The summed E-state index contributed by atoms with van der Waals surface area (Å²) in [7, 11) is 1.66. The van der Waals surface area contributed by atoms with E-state index < -0.39 is 4.92 Å². The minimum absolute atomic E-state index is 0.0542. The number of ether oxygens (including phenoxy) is 1. The molecule has 6 rings (SSSR count). The summed E-state index contributed by atoms with van der Waals surface area (Å²) in [5.41, 5.74) is 6.86. The molecule has 0 N–H and O–H groups in total. The molecule has 0 bridgehead atoms. The van der Waals surface area contributed by atoms with Crippen LogP contribution in [0.2, 0.25) is 0 Å². The van der Waals surface area contributed by atoms with Gasteiger partial charge in [-0.25, -0.2) is 4.98 Å². The van der Waals surface area contributed by atoms with Crippen LogP contribution in [0.5, 0.6) is 5.75 Å². The van der Waals surface area contributed by atoms with Gasteiger partial charge in [-0.2, -0.15) is 9.78 Å². The number of aryl methyl sites for hydroxylation is 1. The molecular formula is C36H33N5O4. The number of non-ortho nitro benzene ring substituents is 1. The van der Waals surface area contributed by atoms with Gasteiger partial charge in [-0.1, -0.05) is 56.3 Å². The fraction of sp³-hybridized carbons (Fsp3) is 0.194. The van der Waals surface area contributed by atoms with Crippen molar-refractivity contribution in [1.82, 2.24) is 14.2 Å². The molecule has 226 valence electrons. The first-order valence-corrected chi connectivity index (χ1v) is 14.7. The number of para-hydroxylation sites is 2. The Morgan fingerprint density at radius 3 is 2.36 bits per heavy atom. The Labute approximate surface area is 260 Å². The van der Waals surface area contributed by atoms with Crippen LogP contribution in [-0.2, 0) is 6.54 Å². The molecule has 0 aliphatic heterocycles. The smallest absolute Gasteiger partial charge is 0.282 e. The van der Waals surface area contributed by atoms with E-state index in [9.17, 15) is 14.9 Å². The van der Waals surface area contributed by atoms with Crippen LogP contribution in [-0.4, -0.2) is 32.5 Å². The molecule has 2 heterocycles. The van der Waals surface area contributed by atoms with E-state index in [4.69, 9.17) is 14.8 Å². The predicted molar refractivity (Wildman–Crippen MR) is 179 cm³/mol. The number of nitro benzene ring substituents is 1. The van der Waals surface area contributed by atoms with Gasteiger partial charge in [-0.3, -0.25) is 14.9 Å². The Morgan fingerprint density at radius 1 is 0.978 bits per heavy atom. The molecular weight excluding hydrogens is 566 g/mol. The van der Waals surface area contributed by atoms with Gasteiger partial charge < -0.3 is 9.30 Å². The SMILES string of the molecule is COc1cc(C)c(-c2nc3ccccc3c(=O)n2N=Cc2c(C)n(Cc3ccc([N+](=O)[O-])cc3)c3ccccc23)cc1C(C)C. The first-order chi connectivity index (χ1) is 21.7. The topological polar surface area (TPSA) is 105 Å². The number of methoxy groups -OCH3 is 1. The Balaban J connectivity index is 1.52. The third kappa shape index (κ3) is 5.37. The number of nitrogens with zero attached hydrogens (tertiary/aromatic N) is 5. The first kappa shape index (κ1) is 29.5. The van der Waals surface area contributed by atoms with Crippen molar-refractivity contribution in [1.29, 1.82) is 0 Å². The number of nitro groups is 1. The maximum Gasteiger partial charge on any atom is 0.282 e. The minimum Gasteiger partial charge on any atom is -0.496 e. The van der Waals surface area contributed by atoms with Crippen LogP contribution in [0.3, 0.4) is 0 Å². The minimum atomic E-state index is -0.399. The number of fused-ring (bicyclic) bond motifs is 2. The zero-order chi connectivity index (χ0) is 31.8. The molecule has 6 aromatic rings. The lowest BCUT2D eigenvalue weighted by Crippen LogP contribution is -2.21. The van der Waals surface area contributed by atoms with Crippen LogP contribution >= 0.6 is 0 Å². The average Bonchev–Trinajstić information content (AvgIpc) is 3.30. The van der Waals surface area contributed by atoms with Crippen LogP contribution in [0.1, 0.15) is 47.7 Å². The second-order valence-corrected chi connectivity index (χ2v) is 11.4. The number of benzene rings is 4. The molecule has 9 nitrogen and oxygen atoms in total. The normalized spacial score (nSPS) is 11.7. The van der Waals surface area contributed by atoms with Crippen LogP contribution in [0.25, 0.3) is 33.2 Å². The molecule has 9 heteroatoms. The fourth-order valence-electron chi connectivity index (χ4n) is 5.82. The van der Waals surface area contributed by atoms with Crippen LogP contribution in [0, 0.1) is 24.0 Å². The molecule has 0 spiro atoms. The number of hydrogen-bond donors (Lipinski definition) is 0. The van der Waals surface area contributed by atoms with Crippen molar-refractivity contribution in [2.24, 2.45) is 5.10 Å². The van der Waals surface area contributed by atoms with E-state index in [1.54, 1.807) is 31.5 Å². The van der Waals surface area contributed by atoms with Crippen molar-refractivity contribution in [3.05, 3.63) is 133 Å². The zero-order valence-corrected chi connectivity index (χ0v) is 25.8. The first-order valence-electron chi connectivity index (χ1n) is 14.7. The van der Waals surface area contributed by atoms with E-state index in [2.05, 4.69) is 18.4 Å². The average molecular weight is 600 g/mol. The van der Waals surface area contributed by atoms with Crippen LogP contribution < -0.4 is 10.3 Å². The Morgan fingerprint density at radius 2 is 1.67 bits per heavy atom. The van der Waals surface area contributed by atoms with Gasteiger partial charge in [0.1, 0.15) is 5.75 Å². The highest BCUT2D eigenvalue weighted by molar-refractivity contribution is 6.01. The van der Waals surface area contributed by atoms with E-state index in [0.29, 0.717) is 23.3 Å². The van der Waals surface area contributed by atoms with Crippen molar-refractivity contribution < 1.29 is 9.66 Å². The number of aromatic nitrogens is 3. The third-order valence-corrected chi connectivity index (χ3v) is 8.26. The van der Waals surface area contributed by atoms with Gasteiger partial charge in [-0.05, 0) is 66.8 Å². The quantitative estimate of drug-likeness (QED) is 0.102. The van der Waals surface area contributed by atoms with Gasteiger partial charge >= 0.3 is 0 Å². The van der Waals surface area contributed by atoms with Crippen molar-refractivity contribution in [2.75, 3.05) is 7.11 Å². The van der Waals surface area contributed by atoms with E-state index in [1.165, 1.54) is 16.8 Å². The molecule has 0 saturated carbocycles. The van der Waals surface area contributed by atoms with Crippen LogP contribution in [0.15, 0.2) is 94.8 Å². The summed E-state index contributed by atoms with van der Waals surface area (Å²) >= 11 is 0. The summed E-state index contributed by atoms with van der Waals surface area (Å²) in [6.45, 7) is 8.71. The summed E-state index contributed by atoms with van der Waals surface area (Å²) in [6, 6.07) is 25.9. The lowest BCUT2D eigenvalue weighted by atomic mass is 9.96. The van der Waals surface area contributed by atoms with E-state index in [-0.39, 0.29) is 17.2 Å². The second kappa shape index (κ2) is 11.8. The van der Waals surface area contributed by atoms with Crippen molar-refractivity contribution in [3.8, 4) is 17.1 Å². The number of hydrogen-bond acceptors (Lipinski definition) is 6. The summed E-state index contributed by atoms with van der Waals surface area (Å²) < 4.78 is 9.22. The molecule has 45 heavy (non-hydrogen) atoms. The standard InChI is InChI=1S/C36H33N5O4/c1-22(2)29-19-30(23(3)18-34(29)45-5)35-38-32-12-8-6-11-28(32)36(42)40(35)37-20-31-24(4)39(33-13-9-7-10-27(31)33)21-25-14-16-26(17-15-25)41(43)44/h6-20,22H,21H2,1-5H3. The van der Waals surface area contributed by atoms with Gasteiger partial charge in [0, 0.05) is 46.4 Å². The molecule has 0 aliphatic rings. The predicted octanol–water partition coefficient (Wildman–Crippen LogP) is 7.61. The Kier molecular flexibility index (Phi) is 7.76. The molecule has 4 aromatic carbocycles. The van der Waals surface area contributed by atoms with Crippen molar-refractivity contribution in [2.45, 2.75) is 40.2 Å². The van der Waals surface area contributed by atoms with E-state index in [1.807, 2.05) is 68.4 Å². The molecule has 0 saturated heterocycles. The zero-order valence-electron chi connectivity index (χ0n) is 25.8. The van der Waals surface area contributed by atoms with Crippen LogP contribution in [0.4, 0.5) is 5.69 Å².